The van der Waals surface area contributed by atoms with Gasteiger partial charge in [-0.1, -0.05) is 0 Å². The summed E-state index contributed by atoms with van der Waals surface area (Å²) in [5, 5.41) is 2.68. The van der Waals surface area contributed by atoms with Crippen LogP contribution in [0.1, 0.15) is 45.0 Å². The third kappa shape index (κ3) is 6.14. The number of rotatable bonds is 4. The summed E-state index contributed by atoms with van der Waals surface area (Å²) in [4.78, 5) is 25.5. The summed E-state index contributed by atoms with van der Waals surface area (Å²) >= 11 is 0. The Kier molecular flexibility index (Phi) is 5.92. The summed E-state index contributed by atoms with van der Waals surface area (Å²) < 4.78 is 31.4. The Morgan fingerprint density at radius 2 is 1.71 bits per heavy atom. The van der Waals surface area contributed by atoms with Gasteiger partial charge < -0.3 is 15.0 Å². The van der Waals surface area contributed by atoms with E-state index >= 15 is 0 Å². The van der Waals surface area contributed by atoms with Gasteiger partial charge in [0.05, 0.1) is 5.54 Å². The zero-order chi connectivity index (χ0) is 18.7. The lowest BCUT2D eigenvalue weighted by atomic mass is 10.0. The number of carbonyl (C=O) groups excluding carboxylic acids is 2. The number of halogens is 2. The van der Waals surface area contributed by atoms with E-state index in [2.05, 4.69) is 5.32 Å². The number of hydrogen-bond donors (Lipinski definition) is 1. The van der Waals surface area contributed by atoms with Gasteiger partial charge in [0.15, 0.2) is 11.6 Å². The number of carbonyl (C=O) groups is 2. The van der Waals surface area contributed by atoms with Crippen LogP contribution in [0.15, 0.2) is 18.2 Å². The smallest absolute Gasteiger partial charge is 0.408 e. The number of nitrogens with zero attached hydrogens (tertiary/aromatic N) is 1. The Hall–Kier alpha value is -2.18. The standard InChI is InChI=1S/C17H24F2N2O3/c1-16(2,3)24-15(23)20-17(4,5)10-21(6)14(22)11-7-8-12(18)13(19)9-11/h7-9H,10H2,1-6H3,(H,20,23). The molecule has 0 fully saturated rings. The molecule has 0 spiro atoms. The van der Waals surface area contributed by atoms with Crippen LogP contribution in [0.3, 0.4) is 0 Å². The molecule has 134 valence electrons. The molecular weight excluding hydrogens is 318 g/mol. The Balaban J connectivity index is 2.73. The van der Waals surface area contributed by atoms with Crippen molar-refractivity contribution in [3.05, 3.63) is 35.4 Å². The van der Waals surface area contributed by atoms with Gasteiger partial charge in [-0.3, -0.25) is 4.79 Å². The minimum absolute atomic E-state index is 0.0319. The van der Waals surface area contributed by atoms with Gasteiger partial charge in [-0.2, -0.15) is 0 Å². The van der Waals surface area contributed by atoms with Crippen LogP contribution < -0.4 is 5.32 Å². The molecule has 0 unspecified atom stereocenters. The Bertz CT molecular complexity index is 625. The molecule has 7 heteroatoms. The third-order valence-electron chi connectivity index (χ3n) is 2.99. The van der Waals surface area contributed by atoms with E-state index in [1.54, 1.807) is 34.6 Å². The largest absolute Gasteiger partial charge is 0.444 e. The first kappa shape index (κ1) is 19.9. The molecule has 5 nitrogen and oxygen atoms in total. The predicted molar refractivity (Wildman–Crippen MR) is 86.8 cm³/mol. The first-order valence-electron chi connectivity index (χ1n) is 7.52. The van der Waals surface area contributed by atoms with Crippen LogP contribution in [0.5, 0.6) is 0 Å². The molecule has 0 aliphatic rings. The van der Waals surface area contributed by atoms with E-state index in [0.29, 0.717) is 0 Å². The maximum atomic E-state index is 13.3. The number of ether oxygens (including phenoxy) is 1. The van der Waals surface area contributed by atoms with Crippen LogP contribution in [0, 0.1) is 11.6 Å². The maximum Gasteiger partial charge on any atom is 0.408 e. The van der Waals surface area contributed by atoms with E-state index in [4.69, 9.17) is 4.74 Å². The lowest BCUT2D eigenvalue weighted by Gasteiger charge is -2.32. The summed E-state index contributed by atoms with van der Waals surface area (Å²) in [7, 11) is 1.52. The second kappa shape index (κ2) is 7.15. The van der Waals surface area contributed by atoms with Crippen LogP contribution in [0.2, 0.25) is 0 Å². The van der Waals surface area contributed by atoms with E-state index in [1.165, 1.54) is 18.0 Å². The van der Waals surface area contributed by atoms with Crippen molar-refractivity contribution in [2.24, 2.45) is 0 Å². The number of benzene rings is 1. The van der Waals surface area contributed by atoms with E-state index < -0.39 is 34.8 Å². The highest BCUT2D eigenvalue weighted by Crippen LogP contribution is 2.14. The molecular formula is C17H24F2N2O3. The lowest BCUT2D eigenvalue weighted by Crippen LogP contribution is -2.52. The summed E-state index contributed by atoms with van der Waals surface area (Å²) in [6.45, 7) is 8.86. The molecule has 2 amide bonds. The minimum atomic E-state index is -1.08. The average molecular weight is 342 g/mol. The fourth-order valence-electron chi connectivity index (χ4n) is 2.13. The van der Waals surface area contributed by atoms with Crippen molar-refractivity contribution >= 4 is 12.0 Å². The molecule has 0 aliphatic heterocycles. The van der Waals surface area contributed by atoms with Crippen LogP contribution in [-0.2, 0) is 4.74 Å². The van der Waals surface area contributed by atoms with Crippen molar-refractivity contribution in [1.82, 2.24) is 10.2 Å². The van der Waals surface area contributed by atoms with Crippen LogP contribution >= 0.6 is 0 Å². The van der Waals surface area contributed by atoms with Gasteiger partial charge in [0.1, 0.15) is 5.60 Å². The topological polar surface area (TPSA) is 58.6 Å². The Morgan fingerprint density at radius 1 is 1.12 bits per heavy atom. The van der Waals surface area contributed by atoms with Crippen molar-refractivity contribution in [2.75, 3.05) is 13.6 Å². The SMILES string of the molecule is CN(CC(C)(C)NC(=O)OC(C)(C)C)C(=O)c1ccc(F)c(F)c1. The molecule has 1 N–H and O–H groups in total. The van der Waals surface area contributed by atoms with E-state index in [-0.39, 0.29) is 12.1 Å². The molecule has 0 heterocycles. The molecule has 0 atom stereocenters. The number of hydrogen-bond acceptors (Lipinski definition) is 3. The quantitative estimate of drug-likeness (QED) is 0.913. The molecule has 1 aromatic carbocycles. The molecule has 0 radical (unpaired) electrons. The highest BCUT2D eigenvalue weighted by atomic mass is 19.2. The Labute approximate surface area is 141 Å². The normalized spacial score (nSPS) is 11.8. The van der Waals surface area contributed by atoms with Crippen molar-refractivity contribution in [2.45, 2.75) is 45.8 Å². The van der Waals surface area contributed by atoms with E-state index in [9.17, 15) is 18.4 Å². The van der Waals surface area contributed by atoms with Gasteiger partial charge in [0, 0.05) is 19.2 Å². The summed E-state index contributed by atoms with van der Waals surface area (Å²) in [5.74, 6) is -2.57. The van der Waals surface area contributed by atoms with Crippen molar-refractivity contribution < 1.29 is 23.1 Å². The Morgan fingerprint density at radius 3 is 2.21 bits per heavy atom. The summed E-state index contributed by atoms with van der Waals surface area (Å²) in [6.07, 6.45) is -0.596. The number of alkyl carbamates (subject to hydrolysis) is 1. The van der Waals surface area contributed by atoms with Gasteiger partial charge in [-0.25, -0.2) is 13.6 Å². The van der Waals surface area contributed by atoms with Gasteiger partial charge in [0.2, 0.25) is 0 Å². The zero-order valence-electron chi connectivity index (χ0n) is 14.9. The van der Waals surface area contributed by atoms with Gasteiger partial charge in [-0.15, -0.1) is 0 Å². The van der Waals surface area contributed by atoms with Crippen molar-refractivity contribution in [1.29, 1.82) is 0 Å². The highest BCUT2D eigenvalue weighted by molar-refractivity contribution is 5.94. The number of amides is 2. The summed E-state index contributed by atoms with van der Waals surface area (Å²) in [5.41, 5.74) is -1.37. The fraction of sp³-hybridized carbons (Fsp3) is 0.529. The van der Waals surface area contributed by atoms with Crippen molar-refractivity contribution in [3.8, 4) is 0 Å². The van der Waals surface area contributed by atoms with Gasteiger partial charge >= 0.3 is 6.09 Å². The second-order valence-corrected chi connectivity index (χ2v) is 7.30. The highest BCUT2D eigenvalue weighted by Gasteiger charge is 2.27. The van der Waals surface area contributed by atoms with Gasteiger partial charge in [-0.05, 0) is 52.8 Å². The minimum Gasteiger partial charge on any atom is -0.444 e. The lowest BCUT2D eigenvalue weighted by molar-refractivity contribution is 0.0441. The van der Waals surface area contributed by atoms with Crippen LogP contribution in [0.25, 0.3) is 0 Å². The molecule has 0 aliphatic carbocycles. The molecule has 1 aromatic rings. The average Bonchev–Trinajstić information content (AvgIpc) is 2.37. The third-order valence-corrected chi connectivity index (χ3v) is 2.99. The van der Waals surface area contributed by atoms with Crippen LogP contribution in [-0.4, -0.2) is 41.6 Å². The summed E-state index contributed by atoms with van der Waals surface area (Å²) in [6, 6.07) is 2.97. The van der Waals surface area contributed by atoms with E-state index in [1.807, 2.05) is 0 Å². The molecule has 0 saturated heterocycles. The fourth-order valence-corrected chi connectivity index (χ4v) is 2.13. The first-order chi connectivity index (χ1) is 10.8. The van der Waals surface area contributed by atoms with E-state index in [0.717, 1.165) is 12.1 Å². The monoisotopic (exact) mass is 342 g/mol. The van der Waals surface area contributed by atoms with Gasteiger partial charge in [0.25, 0.3) is 5.91 Å². The second-order valence-electron chi connectivity index (χ2n) is 7.30. The van der Waals surface area contributed by atoms with Crippen molar-refractivity contribution in [3.63, 3.8) is 0 Å². The molecule has 0 saturated carbocycles. The van der Waals surface area contributed by atoms with Crippen LogP contribution in [0.4, 0.5) is 13.6 Å². The maximum absolute atomic E-state index is 13.3. The molecule has 24 heavy (non-hydrogen) atoms. The molecule has 0 aromatic heterocycles. The molecule has 0 bridgehead atoms. The first-order valence-corrected chi connectivity index (χ1v) is 7.52. The predicted octanol–water partition coefficient (Wildman–Crippen LogP) is 3.34. The molecule has 1 rings (SSSR count). The number of likely N-dealkylation sites (N-methyl/N-ethyl adjacent to an activating group) is 1. The number of nitrogens with one attached hydrogen (secondary N) is 1. The zero-order valence-corrected chi connectivity index (χ0v) is 14.9.